The molecule has 1 fully saturated rings. The van der Waals surface area contributed by atoms with E-state index < -0.39 is 22.3 Å². The van der Waals surface area contributed by atoms with Crippen LogP contribution in [0.15, 0.2) is 64.4 Å². The number of ketones is 1. The number of hydrogen-bond donors (Lipinski definition) is 0. The highest BCUT2D eigenvalue weighted by atomic mass is 32.2. The lowest BCUT2D eigenvalue weighted by Crippen LogP contribution is -2.58. The predicted molar refractivity (Wildman–Crippen MR) is 106 cm³/mol. The van der Waals surface area contributed by atoms with Crippen LogP contribution in [0, 0.1) is 6.92 Å². The van der Waals surface area contributed by atoms with Gasteiger partial charge >= 0.3 is 0 Å². The highest BCUT2D eigenvalue weighted by Gasteiger charge is 2.47. The number of methoxy groups -OCH3 is 1. The third kappa shape index (κ3) is 4.11. The van der Waals surface area contributed by atoms with Gasteiger partial charge in [-0.1, -0.05) is 35.9 Å². The maximum atomic E-state index is 13.3. The van der Waals surface area contributed by atoms with E-state index in [-0.39, 0.29) is 22.3 Å². The van der Waals surface area contributed by atoms with Gasteiger partial charge in [0.05, 0.1) is 16.2 Å². The molecule has 1 aliphatic rings. The number of rotatable bonds is 5. The summed E-state index contributed by atoms with van der Waals surface area (Å²) in [4.78, 5) is 13.8. The number of nitrogens with zero attached hydrogens (tertiary/aromatic N) is 1. The number of thioether (sulfide) groups is 1. The van der Waals surface area contributed by atoms with Crippen molar-refractivity contribution in [1.82, 2.24) is 4.31 Å². The van der Waals surface area contributed by atoms with E-state index in [9.17, 15) is 13.2 Å². The average Bonchev–Trinajstić information content (AvgIpc) is 2.65. The monoisotopic (exact) mass is 405 g/mol. The fraction of sp³-hybridized carbons (Fsp3) is 0.350. The van der Waals surface area contributed by atoms with Crippen molar-refractivity contribution in [2.45, 2.75) is 47.6 Å². The van der Waals surface area contributed by atoms with Crippen LogP contribution in [0.2, 0.25) is 0 Å². The molecule has 0 amide bonds. The number of benzene rings is 2. The highest BCUT2D eigenvalue weighted by Crippen LogP contribution is 2.37. The normalized spacial score (nSPS) is 24.1. The average molecular weight is 406 g/mol. The summed E-state index contributed by atoms with van der Waals surface area (Å²) in [7, 11) is -2.38. The van der Waals surface area contributed by atoms with Gasteiger partial charge in [0.25, 0.3) is 0 Å². The molecule has 7 heteroatoms. The van der Waals surface area contributed by atoms with Crippen molar-refractivity contribution in [3.63, 3.8) is 0 Å². The Bertz CT molecular complexity index is 897. The van der Waals surface area contributed by atoms with Gasteiger partial charge in [-0.05, 0) is 38.1 Å². The molecule has 1 saturated heterocycles. The van der Waals surface area contributed by atoms with E-state index in [2.05, 4.69) is 0 Å². The van der Waals surface area contributed by atoms with E-state index in [1.807, 2.05) is 37.3 Å². The Labute approximate surface area is 164 Å². The summed E-state index contributed by atoms with van der Waals surface area (Å²) >= 11 is 1.47. The van der Waals surface area contributed by atoms with Gasteiger partial charge < -0.3 is 4.74 Å². The molecule has 1 aliphatic heterocycles. The number of sulfonamides is 1. The molecule has 0 saturated carbocycles. The molecule has 2 aromatic rings. The van der Waals surface area contributed by atoms with Crippen molar-refractivity contribution in [3.05, 3.63) is 60.2 Å². The fourth-order valence-electron chi connectivity index (χ4n) is 3.20. The summed E-state index contributed by atoms with van der Waals surface area (Å²) < 4.78 is 33.5. The molecule has 0 aliphatic carbocycles. The van der Waals surface area contributed by atoms with E-state index in [0.717, 1.165) is 10.5 Å². The molecule has 5 nitrogen and oxygen atoms in total. The number of Topliss-reactive ketones (excluding diaryl/α,β-unsaturated/α-hetero) is 1. The smallest absolute Gasteiger partial charge is 0.245 e. The molecule has 144 valence electrons. The van der Waals surface area contributed by atoms with E-state index in [1.165, 1.54) is 23.2 Å². The number of aryl methyl sites for hydroxylation is 1. The minimum absolute atomic E-state index is 0.104. The van der Waals surface area contributed by atoms with Crippen molar-refractivity contribution in [2.24, 2.45) is 0 Å². The van der Waals surface area contributed by atoms with Crippen LogP contribution in [0.4, 0.5) is 0 Å². The second kappa shape index (κ2) is 8.14. The molecule has 0 bridgehead atoms. The number of hydrogen-bond acceptors (Lipinski definition) is 5. The molecule has 2 aromatic carbocycles. The largest absolute Gasteiger partial charge is 0.364 e. The SMILES string of the molecule is CO[C@@H]1[C@@H](Sc2ccccc2)CC(=O)[C@H](C)N1S(=O)(=O)c1ccc(C)cc1. The first-order valence-electron chi connectivity index (χ1n) is 8.72. The summed E-state index contributed by atoms with van der Waals surface area (Å²) in [6.07, 6.45) is -0.465. The van der Waals surface area contributed by atoms with Gasteiger partial charge in [-0.3, -0.25) is 4.79 Å². The third-order valence-corrected chi connectivity index (χ3v) is 7.88. The zero-order valence-electron chi connectivity index (χ0n) is 15.5. The quantitative estimate of drug-likeness (QED) is 0.762. The molecular formula is C20H23NO4S2. The Balaban J connectivity index is 1.98. The van der Waals surface area contributed by atoms with Crippen LogP contribution in [0.3, 0.4) is 0 Å². The van der Waals surface area contributed by atoms with Crippen molar-refractivity contribution < 1.29 is 17.9 Å². The van der Waals surface area contributed by atoms with Crippen LogP contribution < -0.4 is 0 Å². The Morgan fingerprint density at radius 1 is 1.07 bits per heavy atom. The van der Waals surface area contributed by atoms with Gasteiger partial charge in [-0.2, -0.15) is 4.31 Å². The molecule has 0 spiro atoms. The molecule has 27 heavy (non-hydrogen) atoms. The van der Waals surface area contributed by atoms with Gasteiger partial charge in [0.1, 0.15) is 6.23 Å². The zero-order valence-corrected chi connectivity index (χ0v) is 17.2. The van der Waals surface area contributed by atoms with E-state index in [0.29, 0.717) is 0 Å². The lowest BCUT2D eigenvalue weighted by atomic mass is 10.0. The lowest BCUT2D eigenvalue weighted by Gasteiger charge is -2.41. The summed E-state index contributed by atoms with van der Waals surface area (Å²) in [5, 5.41) is -0.318. The summed E-state index contributed by atoms with van der Waals surface area (Å²) in [6, 6.07) is 15.5. The molecule has 0 radical (unpaired) electrons. The van der Waals surface area contributed by atoms with Crippen molar-refractivity contribution in [3.8, 4) is 0 Å². The Kier molecular flexibility index (Phi) is 6.05. The number of carbonyl (C=O) groups is 1. The Hall–Kier alpha value is -1.67. The van der Waals surface area contributed by atoms with Gasteiger partial charge in [0.2, 0.25) is 10.0 Å². The lowest BCUT2D eigenvalue weighted by molar-refractivity contribution is -0.131. The summed E-state index contributed by atoms with van der Waals surface area (Å²) in [6.45, 7) is 3.53. The summed E-state index contributed by atoms with van der Waals surface area (Å²) in [5.74, 6) is -0.104. The van der Waals surface area contributed by atoms with Gasteiger partial charge in [0.15, 0.2) is 5.78 Å². The van der Waals surface area contributed by atoms with Crippen LogP contribution in [0.25, 0.3) is 0 Å². The zero-order chi connectivity index (χ0) is 19.6. The summed E-state index contributed by atoms with van der Waals surface area (Å²) in [5.41, 5.74) is 0.970. The maximum Gasteiger partial charge on any atom is 0.245 e. The van der Waals surface area contributed by atoms with Crippen molar-refractivity contribution in [2.75, 3.05) is 7.11 Å². The molecular weight excluding hydrogens is 382 g/mol. The van der Waals surface area contributed by atoms with Gasteiger partial charge in [-0.25, -0.2) is 8.42 Å². The first-order valence-corrected chi connectivity index (χ1v) is 11.0. The van der Waals surface area contributed by atoms with E-state index in [4.69, 9.17) is 4.74 Å². The second-order valence-corrected chi connectivity index (χ2v) is 9.75. The maximum absolute atomic E-state index is 13.3. The van der Waals surface area contributed by atoms with Crippen LogP contribution in [0.5, 0.6) is 0 Å². The van der Waals surface area contributed by atoms with Crippen LogP contribution in [-0.4, -0.2) is 43.1 Å². The predicted octanol–water partition coefficient (Wildman–Crippen LogP) is 3.48. The third-order valence-electron chi connectivity index (χ3n) is 4.69. The molecule has 3 atom stereocenters. The van der Waals surface area contributed by atoms with Crippen LogP contribution in [0.1, 0.15) is 18.9 Å². The molecule has 0 unspecified atom stereocenters. The van der Waals surface area contributed by atoms with Crippen LogP contribution >= 0.6 is 11.8 Å². The number of ether oxygens (including phenoxy) is 1. The topological polar surface area (TPSA) is 63.7 Å². The van der Waals surface area contributed by atoms with Crippen molar-refractivity contribution >= 4 is 27.6 Å². The molecule has 3 rings (SSSR count). The first-order chi connectivity index (χ1) is 12.8. The minimum atomic E-state index is -3.87. The minimum Gasteiger partial charge on any atom is -0.364 e. The highest BCUT2D eigenvalue weighted by molar-refractivity contribution is 8.00. The standard InChI is InChI=1S/C20H23NO4S2/c1-14-9-11-17(12-10-14)27(23,24)21-15(2)18(22)13-19(20(21)25-3)26-16-7-5-4-6-8-16/h4-12,15,19-20H,13H2,1-3H3/t15-,19-,20+/m0/s1. The number of carbonyl (C=O) groups excluding carboxylic acids is 1. The van der Waals surface area contributed by atoms with E-state index >= 15 is 0 Å². The Morgan fingerprint density at radius 3 is 2.30 bits per heavy atom. The van der Waals surface area contributed by atoms with E-state index in [1.54, 1.807) is 31.2 Å². The Morgan fingerprint density at radius 2 is 1.70 bits per heavy atom. The molecule has 1 heterocycles. The molecule has 0 aromatic heterocycles. The fourth-order valence-corrected chi connectivity index (χ4v) is 6.31. The van der Waals surface area contributed by atoms with Gasteiger partial charge in [-0.15, -0.1) is 11.8 Å². The second-order valence-electron chi connectivity index (χ2n) is 6.59. The first kappa shape index (κ1) is 20.1. The van der Waals surface area contributed by atoms with Crippen LogP contribution in [-0.2, 0) is 19.6 Å². The molecule has 0 N–H and O–H groups in total. The van der Waals surface area contributed by atoms with Crippen molar-refractivity contribution in [1.29, 1.82) is 0 Å². The van der Waals surface area contributed by atoms with Gasteiger partial charge in [0, 0.05) is 18.4 Å². The number of piperidine rings is 1.